The lowest BCUT2D eigenvalue weighted by Crippen LogP contribution is -2.47. The van der Waals surface area contributed by atoms with Gasteiger partial charge in [-0.3, -0.25) is 0 Å². The van der Waals surface area contributed by atoms with Gasteiger partial charge >= 0.3 is 0 Å². The maximum Gasteiger partial charge on any atom is 0.183 e. The summed E-state index contributed by atoms with van der Waals surface area (Å²) in [5.74, 6) is 0. The molecule has 1 aromatic rings. The van der Waals surface area contributed by atoms with Crippen molar-refractivity contribution >= 4 is 16.5 Å². The smallest absolute Gasteiger partial charge is 0.183 e. The van der Waals surface area contributed by atoms with Gasteiger partial charge in [-0.25, -0.2) is 4.98 Å². The van der Waals surface area contributed by atoms with E-state index in [4.69, 9.17) is 0 Å². The third-order valence-electron chi connectivity index (χ3n) is 3.28. The minimum Gasteiger partial charge on any atom is -0.356 e. The van der Waals surface area contributed by atoms with Crippen LogP contribution in [0.2, 0.25) is 0 Å². The van der Waals surface area contributed by atoms with Crippen LogP contribution in [-0.2, 0) is 0 Å². The molecule has 0 aliphatic carbocycles. The van der Waals surface area contributed by atoms with E-state index in [-0.39, 0.29) is 5.54 Å². The lowest BCUT2D eigenvalue weighted by Gasteiger charge is -2.40. The van der Waals surface area contributed by atoms with E-state index in [1.807, 2.05) is 17.7 Å². The van der Waals surface area contributed by atoms with E-state index < -0.39 is 0 Å². The van der Waals surface area contributed by atoms with E-state index in [0.717, 1.165) is 37.5 Å². The van der Waals surface area contributed by atoms with E-state index in [1.165, 1.54) is 0 Å². The van der Waals surface area contributed by atoms with Gasteiger partial charge in [-0.1, -0.05) is 6.08 Å². The van der Waals surface area contributed by atoms with E-state index >= 15 is 0 Å². The van der Waals surface area contributed by atoms with Crippen molar-refractivity contribution in [3.63, 3.8) is 0 Å². The third kappa shape index (κ3) is 2.62. The summed E-state index contributed by atoms with van der Waals surface area (Å²) in [5.41, 5.74) is 0.173. The molecule has 88 valence electrons. The number of likely N-dealkylation sites (tertiary alicyclic amines) is 1. The van der Waals surface area contributed by atoms with Crippen LogP contribution >= 0.6 is 11.3 Å². The van der Waals surface area contributed by atoms with Crippen LogP contribution in [-0.4, -0.2) is 35.6 Å². The minimum atomic E-state index is 0.173. The van der Waals surface area contributed by atoms with Gasteiger partial charge in [-0.15, -0.1) is 17.9 Å². The van der Waals surface area contributed by atoms with Crippen molar-refractivity contribution in [3.8, 4) is 0 Å². The number of piperidine rings is 1. The predicted molar refractivity (Wildman–Crippen MR) is 70.0 cm³/mol. The second-order valence-corrected chi connectivity index (χ2v) is 5.43. The van der Waals surface area contributed by atoms with Gasteiger partial charge in [0, 0.05) is 30.2 Å². The number of aromatic nitrogens is 1. The summed E-state index contributed by atoms with van der Waals surface area (Å²) in [6, 6.07) is 0. The molecule has 0 saturated carbocycles. The first-order chi connectivity index (χ1) is 7.74. The highest BCUT2D eigenvalue weighted by molar-refractivity contribution is 7.13. The standard InChI is InChI=1S/C12H19N3S/c1-3-4-12(5-8-15(2)9-6-12)14-11-13-7-10-16-11/h3,7,10H,1,4-6,8-9H2,2H3,(H,13,14). The van der Waals surface area contributed by atoms with Crippen LogP contribution in [0.1, 0.15) is 19.3 Å². The Morgan fingerprint density at radius 3 is 2.94 bits per heavy atom. The van der Waals surface area contributed by atoms with Crippen molar-refractivity contribution in [2.24, 2.45) is 0 Å². The SMILES string of the molecule is C=CCC1(Nc2nccs2)CCN(C)CC1. The first-order valence-electron chi connectivity index (χ1n) is 5.71. The zero-order valence-corrected chi connectivity index (χ0v) is 10.6. The molecular weight excluding hydrogens is 218 g/mol. The molecule has 4 heteroatoms. The second kappa shape index (κ2) is 4.97. The van der Waals surface area contributed by atoms with Gasteiger partial charge in [-0.2, -0.15) is 0 Å². The average molecular weight is 237 g/mol. The summed E-state index contributed by atoms with van der Waals surface area (Å²) in [6.07, 6.45) is 7.21. The molecule has 0 unspecified atom stereocenters. The van der Waals surface area contributed by atoms with Crippen LogP contribution in [0.25, 0.3) is 0 Å². The molecule has 0 amide bonds. The average Bonchev–Trinajstić information content (AvgIpc) is 2.76. The Bertz CT molecular complexity index is 326. The number of hydrogen-bond acceptors (Lipinski definition) is 4. The molecule has 0 radical (unpaired) electrons. The Morgan fingerprint density at radius 1 is 1.62 bits per heavy atom. The first-order valence-corrected chi connectivity index (χ1v) is 6.59. The predicted octanol–water partition coefficient (Wildman–Crippen LogP) is 2.60. The topological polar surface area (TPSA) is 28.2 Å². The molecule has 2 rings (SSSR count). The van der Waals surface area contributed by atoms with Crippen LogP contribution < -0.4 is 5.32 Å². The molecule has 1 N–H and O–H groups in total. The van der Waals surface area contributed by atoms with Gasteiger partial charge in [0.2, 0.25) is 0 Å². The van der Waals surface area contributed by atoms with Crippen molar-refractivity contribution in [3.05, 3.63) is 24.2 Å². The molecule has 1 aliphatic heterocycles. The normalized spacial score (nSPS) is 20.6. The van der Waals surface area contributed by atoms with Crippen molar-refractivity contribution in [2.75, 3.05) is 25.5 Å². The molecule has 1 fully saturated rings. The zero-order chi connectivity index (χ0) is 11.4. The van der Waals surface area contributed by atoms with Gasteiger partial charge in [0.25, 0.3) is 0 Å². The Morgan fingerprint density at radius 2 is 2.38 bits per heavy atom. The van der Waals surface area contributed by atoms with Crippen LogP contribution in [0.5, 0.6) is 0 Å². The van der Waals surface area contributed by atoms with E-state index in [9.17, 15) is 0 Å². The maximum absolute atomic E-state index is 4.32. The summed E-state index contributed by atoms with van der Waals surface area (Å²) >= 11 is 1.67. The number of nitrogens with zero attached hydrogens (tertiary/aromatic N) is 2. The monoisotopic (exact) mass is 237 g/mol. The molecule has 1 aliphatic rings. The fourth-order valence-corrected chi connectivity index (χ4v) is 2.86. The highest BCUT2D eigenvalue weighted by Gasteiger charge is 2.32. The largest absolute Gasteiger partial charge is 0.356 e. The van der Waals surface area contributed by atoms with Crippen molar-refractivity contribution in [1.29, 1.82) is 0 Å². The first kappa shape index (κ1) is 11.6. The highest BCUT2D eigenvalue weighted by Crippen LogP contribution is 2.30. The summed E-state index contributed by atoms with van der Waals surface area (Å²) in [6.45, 7) is 6.17. The van der Waals surface area contributed by atoms with Crippen LogP contribution in [0.4, 0.5) is 5.13 Å². The second-order valence-electron chi connectivity index (χ2n) is 4.54. The molecule has 1 saturated heterocycles. The number of hydrogen-bond donors (Lipinski definition) is 1. The molecular formula is C12H19N3S. The molecule has 0 bridgehead atoms. The fraction of sp³-hybridized carbons (Fsp3) is 0.583. The summed E-state index contributed by atoms with van der Waals surface area (Å²) in [7, 11) is 2.18. The molecule has 16 heavy (non-hydrogen) atoms. The van der Waals surface area contributed by atoms with Gasteiger partial charge in [0.15, 0.2) is 5.13 Å². The Labute approximate surface area is 101 Å². The lowest BCUT2D eigenvalue weighted by molar-refractivity contribution is 0.206. The number of anilines is 1. The summed E-state index contributed by atoms with van der Waals surface area (Å²) < 4.78 is 0. The Hall–Kier alpha value is -0.870. The van der Waals surface area contributed by atoms with E-state index in [0.29, 0.717) is 0 Å². The summed E-state index contributed by atoms with van der Waals surface area (Å²) in [5, 5.41) is 6.65. The van der Waals surface area contributed by atoms with Gasteiger partial charge in [0.1, 0.15) is 0 Å². The zero-order valence-electron chi connectivity index (χ0n) is 9.78. The van der Waals surface area contributed by atoms with Gasteiger partial charge in [-0.05, 0) is 26.3 Å². The number of nitrogens with one attached hydrogen (secondary N) is 1. The lowest BCUT2D eigenvalue weighted by atomic mass is 9.84. The maximum atomic E-state index is 4.32. The molecule has 1 aromatic heterocycles. The third-order valence-corrected chi connectivity index (χ3v) is 3.97. The van der Waals surface area contributed by atoms with Crippen molar-refractivity contribution < 1.29 is 0 Å². The number of rotatable bonds is 4. The van der Waals surface area contributed by atoms with Crippen molar-refractivity contribution in [2.45, 2.75) is 24.8 Å². The summed E-state index contributed by atoms with van der Waals surface area (Å²) in [4.78, 5) is 6.70. The Balaban J connectivity index is 2.06. The quantitative estimate of drug-likeness (QED) is 0.816. The molecule has 3 nitrogen and oxygen atoms in total. The molecule has 0 aromatic carbocycles. The van der Waals surface area contributed by atoms with Crippen molar-refractivity contribution in [1.82, 2.24) is 9.88 Å². The van der Waals surface area contributed by atoms with E-state index in [1.54, 1.807) is 11.3 Å². The molecule has 2 heterocycles. The highest BCUT2D eigenvalue weighted by atomic mass is 32.1. The van der Waals surface area contributed by atoms with Gasteiger partial charge in [0.05, 0.1) is 0 Å². The minimum absolute atomic E-state index is 0.173. The number of thiazole rings is 1. The van der Waals surface area contributed by atoms with Crippen LogP contribution in [0.15, 0.2) is 24.2 Å². The molecule has 0 spiro atoms. The van der Waals surface area contributed by atoms with Gasteiger partial charge < -0.3 is 10.2 Å². The Kier molecular flexibility index (Phi) is 3.61. The molecule has 0 atom stereocenters. The van der Waals surface area contributed by atoms with Crippen LogP contribution in [0.3, 0.4) is 0 Å². The van der Waals surface area contributed by atoms with E-state index in [2.05, 4.69) is 28.8 Å². The fourth-order valence-electron chi connectivity index (χ4n) is 2.22. The van der Waals surface area contributed by atoms with Crippen LogP contribution in [0, 0.1) is 0 Å².